The Bertz CT molecular complexity index is 564. The summed E-state index contributed by atoms with van der Waals surface area (Å²) in [7, 11) is 2.19. The predicted octanol–water partition coefficient (Wildman–Crippen LogP) is 2.14. The third kappa shape index (κ3) is 2.33. The van der Waals surface area contributed by atoms with E-state index in [9.17, 15) is 0 Å². The zero-order valence-electron chi connectivity index (χ0n) is 11.6. The third-order valence-electron chi connectivity index (χ3n) is 3.87. The van der Waals surface area contributed by atoms with Crippen molar-refractivity contribution in [3.8, 4) is 5.75 Å². The normalized spacial score (nSPS) is 20.8. The van der Waals surface area contributed by atoms with Gasteiger partial charge in [-0.2, -0.15) is 0 Å². The molecule has 1 unspecified atom stereocenters. The number of aromatic nitrogens is 1. The van der Waals surface area contributed by atoms with Gasteiger partial charge in [0.25, 0.3) is 0 Å². The average Bonchev–Trinajstić information content (AvgIpc) is 2.83. The molecule has 19 heavy (non-hydrogen) atoms. The SMILES string of the molecule is CCOc1ccc2[nH]cc(C3CNCCN3C)c2c1. The molecule has 1 aromatic heterocycles. The Morgan fingerprint density at radius 3 is 3.11 bits per heavy atom. The third-order valence-corrected chi connectivity index (χ3v) is 3.87. The van der Waals surface area contributed by atoms with E-state index in [1.165, 1.54) is 16.5 Å². The van der Waals surface area contributed by atoms with Crippen molar-refractivity contribution < 1.29 is 4.74 Å². The number of nitrogens with one attached hydrogen (secondary N) is 2. The lowest BCUT2D eigenvalue weighted by Gasteiger charge is -2.33. The molecule has 1 aliphatic rings. The number of H-pyrrole nitrogens is 1. The monoisotopic (exact) mass is 259 g/mol. The van der Waals surface area contributed by atoms with E-state index in [0.29, 0.717) is 12.6 Å². The smallest absolute Gasteiger partial charge is 0.120 e. The van der Waals surface area contributed by atoms with Crippen LogP contribution in [0.2, 0.25) is 0 Å². The number of piperazine rings is 1. The van der Waals surface area contributed by atoms with Gasteiger partial charge in [-0.25, -0.2) is 0 Å². The summed E-state index contributed by atoms with van der Waals surface area (Å²) in [6, 6.07) is 6.70. The molecule has 2 aromatic rings. The van der Waals surface area contributed by atoms with Gasteiger partial charge in [0.1, 0.15) is 5.75 Å². The first kappa shape index (κ1) is 12.5. The molecule has 2 N–H and O–H groups in total. The molecule has 102 valence electrons. The standard InChI is InChI=1S/C15H21N3O/c1-3-19-11-4-5-14-12(8-11)13(9-17-14)15-10-16-6-7-18(15)2/h4-5,8-9,15-17H,3,6-7,10H2,1-2H3. The Morgan fingerprint density at radius 2 is 2.32 bits per heavy atom. The number of hydrogen-bond acceptors (Lipinski definition) is 3. The number of likely N-dealkylation sites (N-methyl/N-ethyl adjacent to an activating group) is 1. The molecule has 0 saturated carbocycles. The van der Waals surface area contributed by atoms with E-state index in [0.717, 1.165) is 25.4 Å². The van der Waals surface area contributed by atoms with Crippen LogP contribution in [0.1, 0.15) is 18.5 Å². The Hall–Kier alpha value is -1.52. The molecule has 0 bridgehead atoms. The van der Waals surface area contributed by atoms with E-state index in [4.69, 9.17) is 4.74 Å². The molecule has 1 fully saturated rings. The van der Waals surface area contributed by atoms with Crippen LogP contribution in [0.25, 0.3) is 10.9 Å². The van der Waals surface area contributed by atoms with Crippen LogP contribution in [0.5, 0.6) is 5.75 Å². The second kappa shape index (κ2) is 5.23. The van der Waals surface area contributed by atoms with Crippen LogP contribution in [-0.2, 0) is 0 Å². The quantitative estimate of drug-likeness (QED) is 0.887. The highest BCUT2D eigenvalue weighted by Crippen LogP contribution is 2.30. The van der Waals surface area contributed by atoms with Gasteiger partial charge in [0.15, 0.2) is 0 Å². The van der Waals surface area contributed by atoms with E-state index in [1.54, 1.807) is 0 Å². The summed E-state index contributed by atoms with van der Waals surface area (Å²) < 4.78 is 5.61. The van der Waals surface area contributed by atoms with Gasteiger partial charge < -0.3 is 15.0 Å². The van der Waals surface area contributed by atoms with Gasteiger partial charge in [0, 0.05) is 42.8 Å². The second-order valence-corrected chi connectivity index (χ2v) is 5.08. The minimum atomic E-state index is 0.430. The molecule has 2 heterocycles. The number of nitrogens with zero attached hydrogens (tertiary/aromatic N) is 1. The lowest BCUT2D eigenvalue weighted by Crippen LogP contribution is -2.43. The highest BCUT2D eigenvalue weighted by molar-refractivity contribution is 5.85. The minimum Gasteiger partial charge on any atom is -0.494 e. The maximum atomic E-state index is 5.61. The second-order valence-electron chi connectivity index (χ2n) is 5.08. The van der Waals surface area contributed by atoms with Gasteiger partial charge in [-0.05, 0) is 37.7 Å². The van der Waals surface area contributed by atoms with Gasteiger partial charge in [-0.15, -0.1) is 0 Å². The summed E-state index contributed by atoms with van der Waals surface area (Å²) in [5.74, 6) is 0.947. The van der Waals surface area contributed by atoms with Crippen LogP contribution in [0.3, 0.4) is 0 Å². The Kier molecular flexibility index (Phi) is 3.44. The lowest BCUT2D eigenvalue weighted by molar-refractivity contribution is 0.203. The molecule has 0 spiro atoms. The van der Waals surface area contributed by atoms with E-state index < -0.39 is 0 Å². The van der Waals surface area contributed by atoms with Crippen molar-refractivity contribution in [2.24, 2.45) is 0 Å². The summed E-state index contributed by atoms with van der Waals surface area (Å²) in [6.07, 6.45) is 2.13. The summed E-state index contributed by atoms with van der Waals surface area (Å²) in [4.78, 5) is 5.77. The predicted molar refractivity (Wildman–Crippen MR) is 77.7 cm³/mol. The number of benzene rings is 1. The van der Waals surface area contributed by atoms with E-state index >= 15 is 0 Å². The highest BCUT2D eigenvalue weighted by atomic mass is 16.5. The van der Waals surface area contributed by atoms with Crippen LogP contribution in [0.4, 0.5) is 0 Å². The molecule has 0 radical (unpaired) electrons. The average molecular weight is 259 g/mol. The Balaban J connectivity index is 2.00. The first-order valence-corrected chi connectivity index (χ1v) is 6.94. The number of aromatic amines is 1. The van der Waals surface area contributed by atoms with Crippen molar-refractivity contribution in [1.82, 2.24) is 15.2 Å². The summed E-state index contributed by atoms with van der Waals surface area (Å²) >= 11 is 0. The van der Waals surface area contributed by atoms with Crippen molar-refractivity contribution in [1.29, 1.82) is 0 Å². The van der Waals surface area contributed by atoms with Crippen molar-refractivity contribution in [3.05, 3.63) is 30.0 Å². The maximum absolute atomic E-state index is 5.61. The molecule has 0 aliphatic carbocycles. The topological polar surface area (TPSA) is 40.3 Å². The van der Waals surface area contributed by atoms with Crippen molar-refractivity contribution in [2.75, 3.05) is 33.3 Å². The molecule has 4 heteroatoms. The molecule has 4 nitrogen and oxygen atoms in total. The maximum Gasteiger partial charge on any atom is 0.120 e. The minimum absolute atomic E-state index is 0.430. The number of fused-ring (bicyclic) bond motifs is 1. The summed E-state index contributed by atoms with van der Waals surface area (Å²) in [5.41, 5.74) is 2.53. The van der Waals surface area contributed by atoms with Crippen molar-refractivity contribution in [2.45, 2.75) is 13.0 Å². The first-order valence-electron chi connectivity index (χ1n) is 6.94. The fourth-order valence-electron chi connectivity index (χ4n) is 2.81. The molecular formula is C15H21N3O. The van der Waals surface area contributed by atoms with Crippen LogP contribution >= 0.6 is 0 Å². The molecule has 1 atom stereocenters. The fraction of sp³-hybridized carbons (Fsp3) is 0.467. The highest BCUT2D eigenvalue weighted by Gasteiger charge is 2.23. The molecule has 1 aromatic carbocycles. The lowest BCUT2D eigenvalue weighted by atomic mass is 10.0. The number of ether oxygens (including phenoxy) is 1. The Morgan fingerprint density at radius 1 is 1.42 bits per heavy atom. The molecule has 1 saturated heterocycles. The van der Waals surface area contributed by atoms with E-state index in [2.05, 4.69) is 40.6 Å². The van der Waals surface area contributed by atoms with E-state index in [-0.39, 0.29) is 0 Å². The van der Waals surface area contributed by atoms with Crippen LogP contribution in [0.15, 0.2) is 24.4 Å². The zero-order chi connectivity index (χ0) is 13.2. The number of rotatable bonds is 3. The first-order chi connectivity index (χ1) is 9.29. The summed E-state index contributed by atoms with van der Waals surface area (Å²) in [5, 5.41) is 4.74. The largest absolute Gasteiger partial charge is 0.494 e. The molecular weight excluding hydrogens is 238 g/mol. The van der Waals surface area contributed by atoms with Crippen LogP contribution < -0.4 is 10.1 Å². The Labute approximate surface area is 113 Å². The summed E-state index contributed by atoms with van der Waals surface area (Å²) in [6.45, 7) is 5.88. The van der Waals surface area contributed by atoms with E-state index in [1.807, 2.05) is 13.0 Å². The van der Waals surface area contributed by atoms with Gasteiger partial charge in [0.2, 0.25) is 0 Å². The van der Waals surface area contributed by atoms with Gasteiger partial charge in [0.05, 0.1) is 6.61 Å². The molecule has 1 aliphatic heterocycles. The van der Waals surface area contributed by atoms with Gasteiger partial charge in [-0.3, -0.25) is 4.90 Å². The molecule has 3 rings (SSSR count). The van der Waals surface area contributed by atoms with Gasteiger partial charge >= 0.3 is 0 Å². The molecule has 0 amide bonds. The zero-order valence-corrected chi connectivity index (χ0v) is 11.6. The van der Waals surface area contributed by atoms with Crippen molar-refractivity contribution >= 4 is 10.9 Å². The van der Waals surface area contributed by atoms with Gasteiger partial charge in [-0.1, -0.05) is 0 Å². The number of hydrogen-bond donors (Lipinski definition) is 2. The van der Waals surface area contributed by atoms with Crippen LogP contribution in [0, 0.1) is 0 Å². The van der Waals surface area contributed by atoms with Crippen LogP contribution in [-0.4, -0.2) is 43.2 Å². The van der Waals surface area contributed by atoms with Crippen molar-refractivity contribution in [3.63, 3.8) is 0 Å². The fourth-order valence-corrected chi connectivity index (χ4v) is 2.81.